The first-order valence-electron chi connectivity index (χ1n) is 8.15. The van der Waals surface area contributed by atoms with Crippen LogP contribution in [0.5, 0.6) is 11.5 Å². The largest absolute Gasteiger partial charge is 0.503 e. The molecule has 0 aliphatic heterocycles. The molecule has 3 rings (SSSR count). The zero-order valence-electron chi connectivity index (χ0n) is 15.1. The standard InChI is InChI=1S/C19H17ClN4O3S/c1-11(25)22-14-5-3-13(4-6-14)16-10-28-19(23-16)24-21-9-12-7-15(20)18(26)17(8-12)27-2/h3-10,26H,1-2H3,(H,22,25)(H,23,24)/b21-9-. The van der Waals surface area contributed by atoms with Crippen LogP contribution < -0.4 is 15.5 Å². The van der Waals surface area contributed by atoms with Crippen molar-refractivity contribution in [3.05, 3.63) is 52.4 Å². The molecule has 0 saturated heterocycles. The second kappa shape index (κ2) is 8.73. The van der Waals surface area contributed by atoms with E-state index < -0.39 is 0 Å². The first kappa shape index (κ1) is 19.7. The summed E-state index contributed by atoms with van der Waals surface area (Å²) in [5.41, 5.74) is 5.99. The van der Waals surface area contributed by atoms with Crippen molar-refractivity contribution in [2.45, 2.75) is 6.92 Å². The Labute approximate surface area is 170 Å². The molecule has 3 N–H and O–H groups in total. The van der Waals surface area contributed by atoms with E-state index in [0.29, 0.717) is 10.7 Å². The molecule has 1 aromatic heterocycles. The number of thiazole rings is 1. The molecule has 1 amide bonds. The number of nitrogens with zero attached hydrogens (tertiary/aromatic N) is 2. The molecule has 0 radical (unpaired) electrons. The Morgan fingerprint density at radius 2 is 2.07 bits per heavy atom. The molecule has 144 valence electrons. The molecule has 0 aliphatic carbocycles. The number of hydrazone groups is 1. The van der Waals surface area contributed by atoms with Gasteiger partial charge in [-0.05, 0) is 29.8 Å². The number of anilines is 2. The van der Waals surface area contributed by atoms with Gasteiger partial charge in [-0.25, -0.2) is 4.98 Å². The Morgan fingerprint density at radius 1 is 1.32 bits per heavy atom. The van der Waals surface area contributed by atoms with Gasteiger partial charge in [-0.1, -0.05) is 23.7 Å². The van der Waals surface area contributed by atoms with Gasteiger partial charge in [0.15, 0.2) is 11.5 Å². The summed E-state index contributed by atoms with van der Waals surface area (Å²) in [4.78, 5) is 15.6. The van der Waals surface area contributed by atoms with Crippen molar-refractivity contribution in [2.24, 2.45) is 5.10 Å². The highest BCUT2D eigenvalue weighted by molar-refractivity contribution is 7.14. The summed E-state index contributed by atoms with van der Waals surface area (Å²) in [5.74, 6) is 0.0508. The van der Waals surface area contributed by atoms with E-state index in [1.807, 2.05) is 29.6 Å². The van der Waals surface area contributed by atoms with Gasteiger partial charge >= 0.3 is 0 Å². The lowest BCUT2D eigenvalue weighted by molar-refractivity contribution is -0.114. The van der Waals surface area contributed by atoms with Crippen LogP contribution in [0.25, 0.3) is 11.3 Å². The summed E-state index contributed by atoms with van der Waals surface area (Å²) in [7, 11) is 1.45. The summed E-state index contributed by atoms with van der Waals surface area (Å²) in [5, 5.41) is 19.3. The fourth-order valence-electron chi connectivity index (χ4n) is 2.37. The van der Waals surface area contributed by atoms with Gasteiger partial charge in [-0.3, -0.25) is 10.2 Å². The van der Waals surface area contributed by atoms with Crippen molar-refractivity contribution in [1.29, 1.82) is 0 Å². The summed E-state index contributed by atoms with van der Waals surface area (Å²) in [6, 6.07) is 10.6. The summed E-state index contributed by atoms with van der Waals surface area (Å²) in [6.07, 6.45) is 1.55. The van der Waals surface area contributed by atoms with Crippen molar-refractivity contribution >= 4 is 45.9 Å². The van der Waals surface area contributed by atoms with E-state index in [4.69, 9.17) is 16.3 Å². The molecule has 0 spiro atoms. The number of nitrogens with one attached hydrogen (secondary N) is 2. The zero-order chi connectivity index (χ0) is 20.1. The number of carbonyl (C=O) groups is 1. The van der Waals surface area contributed by atoms with Gasteiger partial charge in [-0.2, -0.15) is 5.10 Å². The lowest BCUT2D eigenvalue weighted by Gasteiger charge is -2.05. The number of rotatable bonds is 6. The summed E-state index contributed by atoms with van der Waals surface area (Å²) >= 11 is 7.37. The highest BCUT2D eigenvalue weighted by Gasteiger charge is 2.08. The van der Waals surface area contributed by atoms with E-state index in [0.717, 1.165) is 16.9 Å². The van der Waals surface area contributed by atoms with Crippen LogP contribution >= 0.6 is 22.9 Å². The first-order chi connectivity index (χ1) is 13.5. The Kier molecular flexibility index (Phi) is 6.13. The van der Waals surface area contributed by atoms with Crippen LogP contribution in [0.3, 0.4) is 0 Å². The van der Waals surface area contributed by atoms with Crippen LogP contribution in [-0.4, -0.2) is 29.3 Å². The van der Waals surface area contributed by atoms with Crippen molar-refractivity contribution in [3.8, 4) is 22.8 Å². The van der Waals surface area contributed by atoms with E-state index in [9.17, 15) is 9.90 Å². The van der Waals surface area contributed by atoms with Gasteiger partial charge in [0, 0.05) is 23.6 Å². The quantitative estimate of drug-likeness (QED) is 0.403. The minimum atomic E-state index is -0.113. The van der Waals surface area contributed by atoms with Gasteiger partial charge in [0.2, 0.25) is 11.0 Å². The molecule has 7 nitrogen and oxygen atoms in total. The van der Waals surface area contributed by atoms with Gasteiger partial charge in [0.25, 0.3) is 0 Å². The maximum absolute atomic E-state index is 11.1. The van der Waals surface area contributed by atoms with Crippen LogP contribution in [0.1, 0.15) is 12.5 Å². The van der Waals surface area contributed by atoms with Crippen molar-refractivity contribution < 1.29 is 14.6 Å². The molecule has 28 heavy (non-hydrogen) atoms. The molecule has 0 bridgehead atoms. The van der Waals surface area contributed by atoms with Gasteiger partial charge < -0.3 is 15.2 Å². The van der Waals surface area contributed by atoms with Crippen LogP contribution in [0.2, 0.25) is 5.02 Å². The second-order valence-corrected chi connectivity index (χ2v) is 6.99. The van der Waals surface area contributed by atoms with E-state index in [1.165, 1.54) is 25.4 Å². The van der Waals surface area contributed by atoms with E-state index in [1.54, 1.807) is 18.3 Å². The molecule has 2 aromatic carbocycles. The van der Waals surface area contributed by atoms with E-state index in [2.05, 4.69) is 20.8 Å². The fourth-order valence-corrected chi connectivity index (χ4v) is 3.26. The maximum atomic E-state index is 11.1. The number of ether oxygens (including phenoxy) is 1. The normalized spacial score (nSPS) is 10.8. The smallest absolute Gasteiger partial charge is 0.221 e. The Balaban J connectivity index is 1.67. The molecular weight excluding hydrogens is 400 g/mol. The summed E-state index contributed by atoms with van der Waals surface area (Å²) < 4.78 is 5.06. The maximum Gasteiger partial charge on any atom is 0.221 e. The molecule has 0 atom stereocenters. The molecule has 0 unspecified atom stereocenters. The molecule has 0 fully saturated rings. The monoisotopic (exact) mass is 416 g/mol. The Bertz CT molecular complexity index is 1020. The highest BCUT2D eigenvalue weighted by Crippen LogP contribution is 2.34. The van der Waals surface area contributed by atoms with Crippen LogP contribution in [0.15, 0.2) is 46.9 Å². The number of halogens is 1. The molecule has 0 saturated carbocycles. The first-order valence-corrected chi connectivity index (χ1v) is 9.41. The van der Waals surface area contributed by atoms with E-state index in [-0.39, 0.29) is 22.4 Å². The van der Waals surface area contributed by atoms with Crippen molar-refractivity contribution in [2.75, 3.05) is 17.9 Å². The average Bonchev–Trinajstić information content (AvgIpc) is 3.13. The third kappa shape index (κ3) is 4.79. The number of benzene rings is 2. The van der Waals surface area contributed by atoms with Crippen molar-refractivity contribution in [3.63, 3.8) is 0 Å². The average molecular weight is 417 g/mol. The summed E-state index contributed by atoms with van der Waals surface area (Å²) in [6.45, 7) is 1.47. The minimum Gasteiger partial charge on any atom is -0.503 e. The number of aromatic hydroxyl groups is 1. The number of hydrogen-bond donors (Lipinski definition) is 3. The number of phenols is 1. The molecular formula is C19H17ClN4O3S. The molecule has 1 heterocycles. The Morgan fingerprint density at radius 3 is 2.75 bits per heavy atom. The van der Waals surface area contributed by atoms with Crippen LogP contribution in [-0.2, 0) is 4.79 Å². The van der Waals surface area contributed by atoms with Crippen LogP contribution in [0, 0.1) is 0 Å². The number of aromatic nitrogens is 1. The highest BCUT2D eigenvalue weighted by atomic mass is 35.5. The number of carbonyl (C=O) groups excluding carboxylic acids is 1. The Hall–Kier alpha value is -3.10. The number of hydrogen-bond acceptors (Lipinski definition) is 7. The van der Waals surface area contributed by atoms with E-state index >= 15 is 0 Å². The fraction of sp³-hybridized carbons (Fsp3) is 0.105. The molecule has 0 aliphatic rings. The lowest BCUT2D eigenvalue weighted by atomic mass is 10.1. The number of amides is 1. The predicted octanol–water partition coefficient (Wildman–Crippen LogP) is 4.58. The number of phenolic OH excluding ortho intramolecular Hbond substituents is 1. The molecule has 9 heteroatoms. The van der Waals surface area contributed by atoms with Gasteiger partial charge in [0.05, 0.1) is 24.0 Å². The van der Waals surface area contributed by atoms with Gasteiger partial charge in [0.1, 0.15) is 0 Å². The topological polar surface area (TPSA) is 95.8 Å². The van der Waals surface area contributed by atoms with Crippen LogP contribution in [0.4, 0.5) is 10.8 Å². The third-order valence-electron chi connectivity index (χ3n) is 3.65. The third-order valence-corrected chi connectivity index (χ3v) is 4.68. The second-order valence-electron chi connectivity index (χ2n) is 5.72. The number of methoxy groups -OCH3 is 1. The SMILES string of the molecule is COc1cc(/C=N\Nc2nc(-c3ccc(NC(C)=O)cc3)cs2)cc(Cl)c1O. The zero-order valence-corrected chi connectivity index (χ0v) is 16.6. The van der Waals surface area contributed by atoms with Crippen molar-refractivity contribution in [1.82, 2.24) is 4.98 Å². The minimum absolute atomic E-state index is 0.108. The lowest BCUT2D eigenvalue weighted by Crippen LogP contribution is -2.05. The molecule has 3 aromatic rings. The van der Waals surface area contributed by atoms with Gasteiger partial charge in [-0.15, -0.1) is 11.3 Å². The predicted molar refractivity (Wildman–Crippen MR) is 113 cm³/mol.